The van der Waals surface area contributed by atoms with Gasteiger partial charge in [-0.1, -0.05) is 0 Å². The van der Waals surface area contributed by atoms with Crippen molar-refractivity contribution in [2.24, 2.45) is 0 Å². The molecule has 1 aliphatic heterocycles. The Hall–Kier alpha value is -4.11. The SMILES string of the molecule is O=S(=O)(c1ccc(C(F)(F)F)cc1)N1CCN(c2nc(Oc3ccc(F)cc3)cc(-n3cnnc3)n2)CC1. The lowest BCUT2D eigenvalue weighted by atomic mass is 10.2. The van der Waals surface area contributed by atoms with Crippen LogP contribution in [0.4, 0.5) is 23.5 Å². The molecule has 15 heteroatoms. The zero-order valence-electron chi connectivity index (χ0n) is 19.5. The van der Waals surface area contributed by atoms with E-state index in [1.165, 1.54) is 45.8 Å². The highest BCUT2D eigenvalue weighted by Crippen LogP contribution is 2.31. The molecule has 10 nitrogen and oxygen atoms in total. The average Bonchev–Trinajstić information content (AvgIpc) is 3.45. The number of alkyl halides is 3. The Bertz CT molecular complexity index is 1510. The summed E-state index contributed by atoms with van der Waals surface area (Å²) in [6.45, 7) is 0.526. The second-order valence-corrected chi connectivity index (χ2v) is 10.1. The van der Waals surface area contributed by atoms with Gasteiger partial charge in [-0.15, -0.1) is 10.2 Å². The van der Waals surface area contributed by atoms with Crippen LogP contribution in [0.5, 0.6) is 11.6 Å². The van der Waals surface area contributed by atoms with E-state index in [1.807, 2.05) is 0 Å². The molecule has 0 bridgehead atoms. The molecule has 0 spiro atoms. The Balaban J connectivity index is 1.35. The fraction of sp³-hybridized carbons (Fsp3) is 0.217. The van der Waals surface area contributed by atoms with Crippen molar-refractivity contribution in [2.75, 3.05) is 31.1 Å². The number of sulfonamides is 1. The first kappa shape index (κ1) is 25.5. The van der Waals surface area contributed by atoms with Gasteiger partial charge in [0, 0.05) is 32.2 Å². The number of benzene rings is 2. The largest absolute Gasteiger partial charge is 0.439 e. The van der Waals surface area contributed by atoms with Gasteiger partial charge in [0.2, 0.25) is 21.9 Å². The molecule has 0 unspecified atom stereocenters. The maximum atomic E-state index is 13.3. The molecule has 0 atom stereocenters. The van der Waals surface area contributed by atoms with Gasteiger partial charge in [-0.25, -0.2) is 12.8 Å². The van der Waals surface area contributed by atoms with E-state index in [9.17, 15) is 26.0 Å². The van der Waals surface area contributed by atoms with Crippen LogP contribution >= 0.6 is 0 Å². The number of nitrogens with zero attached hydrogens (tertiary/aromatic N) is 7. The van der Waals surface area contributed by atoms with Crippen LogP contribution in [0.25, 0.3) is 5.82 Å². The molecule has 0 N–H and O–H groups in total. The van der Waals surface area contributed by atoms with Crippen molar-refractivity contribution in [3.8, 4) is 17.4 Å². The molecule has 1 aliphatic rings. The summed E-state index contributed by atoms with van der Waals surface area (Å²) in [4.78, 5) is 10.5. The summed E-state index contributed by atoms with van der Waals surface area (Å²) < 4.78 is 86.4. The minimum atomic E-state index is -4.56. The number of hydrogen-bond donors (Lipinski definition) is 0. The molecule has 198 valence electrons. The Morgan fingerprint density at radius 2 is 1.47 bits per heavy atom. The summed E-state index contributed by atoms with van der Waals surface area (Å²) in [6, 6.07) is 10.3. The fourth-order valence-electron chi connectivity index (χ4n) is 3.76. The van der Waals surface area contributed by atoms with E-state index >= 15 is 0 Å². The average molecular weight is 550 g/mol. The van der Waals surface area contributed by atoms with Crippen molar-refractivity contribution in [3.05, 3.63) is 78.6 Å². The van der Waals surface area contributed by atoms with Crippen molar-refractivity contribution in [3.63, 3.8) is 0 Å². The Morgan fingerprint density at radius 3 is 2.08 bits per heavy atom. The summed E-state index contributed by atoms with van der Waals surface area (Å²) in [5.74, 6) is 0.718. The maximum absolute atomic E-state index is 13.3. The molecule has 0 amide bonds. The van der Waals surface area contributed by atoms with E-state index in [2.05, 4.69) is 20.2 Å². The van der Waals surface area contributed by atoms with E-state index in [4.69, 9.17) is 4.74 Å². The van der Waals surface area contributed by atoms with Crippen LogP contribution in [0.3, 0.4) is 0 Å². The molecule has 1 saturated heterocycles. The van der Waals surface area contributed by atoms with Crippen LogP contribution in [-0.2, 0) is 16.2 Å². The van der Waals surface area contributed by atoms with Crippen LogP contribution in [0.1, 0.15) is 5.56 Å². The molecule has 0 aliphatic carbocycles. The van der Waals surface area contributed by atoms with Gasteiger partial charge in [-0.2, -0.15) is 27.4 Å². The zero-order chi connectivity index (χ0) is 26.9. The van der Waals surface area contributed by atoms with Crippen LogP contribution in [0.15, 0.2) is 72.1 Å². The van der Waals surface area contributed by atoms with Crippen LogP contribution < -0.4 is 9.64 Å². The Labute approximate surface area is 214 Å². The third-order valence-electron chi connectivity index (χ3n) is 5.74. The molecule has 38 heavy (non-hydrogen) atoms. The third kappa shape index (κ3) is 5.43. The number of hydrogen-bond acceptors (Lipinski definition) is 8. The second-order valence-electron chi connectivity index (χ2n) is 8.20. The number of piperazine rings is 1. The quantitative estimate of drug-likeness (QED) is 0.337. The van der Waals surface area contributed by atoms with Crippen LogP contribution in [0.2, 0.25) is 0 Å². The van der Waals surface area contributed by atoms with Crippen molar-refractivity contribution < 1.29 is 30.7 Å². The van der Waals surface area contributed by atoms with Gasteiger partial charge in [-0.05, 0) is 48.5 Å². The lowest BCUT2D eigenvalue weighted by Gasteiger charge is -2.34. The van der Waals surface area contributed by atoms with Crippen molar-refractivity contribution in [1.29, 1.82) is 0 Å². The fourth-order valence-corrected chi connectivity index (χ4v) is 5.18. The summed E-state index contributed by atoms with van der Waals surface area (Å²) in [7, 11) is -4.00. The van der Waals surface area contributed by atoms with E-state index in [0.717, 1.165) is 24.3 Å². The van der Waals surface area contributed by atoms with E-state index in [-0.39, 0.29) is 42.9 Å². The molecule has 5 rings (SSSR count). The van der Waals surface area contributed by atoms with Crippen molar-refractivity contribution in [2.45, 2.75) is 11.1 Å². The monoisotopic (exact) mass is 549 g/mol. The summed E-state index contributed by atoms with van der Waals surface area (Å²) in [5.41, 5.74) is -0.926. The zero-order valence-corrected chi connectivity index (χ0v) is 20.3. The summed E-state index contributed by atoms with van der Waals surface area (Å²) in [5, 5.41) is 7.54. The number of ether oxygens (including phenoxy) is 1. The highest BCUT2D eigenvalue weighted by atomic mass is 32.2. The highest BCUT2D eigenvalue weighted by molar-refractivity contribution is 7.89. The van der Waals surface area contributed by atoms with E-state index < -0.39 is 27.6 Å². The second kappa shape index (κ2) is 9.98. The Kier molecular flexibility index (Phi) is 6.71. The molecule has 0 saturated carbocycles. The lowest BCUT2D eigenvalue weighted by Crippen LogP contribution is -2.49. The topological polar surface area (TPSA) is 106 Å². The first-order valence-electron chi connectivity index (χ1n) is 11.2. The first-order chi connectivity index (χ1) is 18.1. The molecule has 2 aromatic heterocycles. The molecular weight excluding hydrogens is 530 g/mol. The van der Waals surface area contributed by atoms with Crippen LogP contribution in [0, 0.1) is 5.82 Å². The van der Waals surface area contributed by atoms with Gasteiger partial charge in [-0.3, -0.25) is 4.57 Å². The predicted octanol–water partition coefficient (Wildman–Crippen LogP) is 3.52. The van der Waals surface area contributed by atoms with Crippen molar-refractivity contribution >= 4 is 16.0 Å². The number of aromatic nitrogens is 5. The van der Waals surface area contributed by atoms with Gasteiger partial charge in [0.25, 0.3) is 0 Å². The highest BCUT2D eigenvalue weighted by Gasteiger charge is 2.33. The normalized spacial score (nSPS) is 15.0. The molecule has 4 aromatic rings. The van der Waals surface area contributed by atoms with Crippen molar-refractivity contribution in [1.82, 2.24) is 29.0 Å². The van der Waals surface area contributed by atoms with Gasteiger partial charge in [0.1, 0.15) is 30.0 Å². The summed E-state index contributed by atoms with van der Waals surface area (Å²) >= 11 is 0. The smallest absolute Gasteiger partial charge is 0.416 e. The number of anilines is 1. The standard InChI is InChI=1S/C23H19F4N7O3S/c24-17-3-5-18(6-4-17)37-21-13-20(33-14-28-29-15-33)30-22(31-21)32-9-11-34(12-10-32)38(35,36)19-7-1-16(2-8-19)23(25,26)27/h1-8,13-15H,9-12H2. The molecule has 0 radical (unpaired) electrons. The number of rotatable bonds is 6. The minimum absolute atomic E-state index is 0.0533. The van der Waals surface area contributed by atoms with Gasteiger partial charge < -0.3 is 9.64 Å². The first-order valence-corrected chi connectivity index (χ1v) is 12.6. The van der Waals surface area contributed by atoms with Gasteiger partial charge in [0.05, 0.1) is 10.5 Å². The molecule has 3 heterocycles. The Morgan fingerprint density at radius 1 is 0.842 bits per heavy atom. The van der Waals surface area contributed by atoms with E-state index in [1.54, 1.807) is 11.0 Å². The van der Waals surface area contributed by atoms with Crippen LogP contribution in [-0.4, -0.2) is 63.6 Å². The number of halogens is 4. The molecule has 2 aromatic carbocycles. The van der Waals surface area contributed by atoms with Gasteiger partial charge in [0.15, 0.2) is 0 Å². The maximum Gasteiger partial charge on any atom is 0.416 e. The predicted molar refractivity (Wildman–Crippen MR) is 126 cm³/mol. The van der Waals surface area contributed by atoms with Gasteiger partial charge >= 0.3 is 6.18 Å². The summed E-state index contributed by atoms with van der Waals surface area (Å²) in [6.07, 6.45) is -1.70. The third-order valence-corrected chi connectivity index (χ3v) is 7.65. The minimum Gasteiger partial charge on any atom is -0.439 e. The lowest BCUT2D eigenvalue weighted by molar-refractivity contribution is -0.137. The van der Waals surface area contributed by atoms with E-state index in [0.29, 0.717) is 11.6 Å². The molecule has 1 fully saturated rings. The molecular formula is C23H19F4N7O3S.